The molecular weight excluding hydrogens is 319 g/mol. The highest BCUT2D eigenvalue weighted by atomic mass is 35.5. The topological polar surface area (TPSA) is 127 Å². The molecule has 10 heteroatoms. The van der Waals surface area contributed by atoms with Gasteiger partial charge in [0.25, 0.3) is 0 Å². The van der Waals surface area contributed by atoms with E-state index >= 15 is 0 Å². The van der Waals surface area contributed by atoms with E-state index in [2.05, 4.69) is 0 Å². The predicted molar refractivity (Wildman–Crippen MR) is 67.8 cm³/mol. The summed E-state index contributed by atoms with van der Waals surface area (Å²) < 4.78 is 25.5. The minimum atomic E-state index is -4.20. The van der Waals surface area contributed by atoms with Gasteiger partial charge in [-0.2, -0.15) is 0 Å². The number of halogens is 2. The summed E-state index contributed by atoms with van der Waals surface area (Å²) in [7, 11) is -4.20. The molecule has 0 saturated heterocycles. The highest BCUT2D eigenvalue weighted by Crippen LogP contribution is 2.29. The second kappa shape index (κ2) is 5.74. The number of rotatable bonds is 5. The standard InChI is InChI=1S/C9H8Cl2N2O5S/c10-4-1-5(9(15)16)8(11)6(2-4)19(17,18)13-3-7(12)14/h1-2,13H,3H2,(H2,12,14)(H,15,16). The molecule has 0 fully saturated rings. The molecular formula is C9H8Cl2N2O5S. The number of carbonyl (C=O) groups excluding carboxylic acids is 1. The average Bonchev–Trinajstić information content (AvgIpc) is 2.28. The van der Waals surface area contributed by atoms with Crippen molar-refractivity contribution in [2.24, 2.45) is 5.73 Å². The Bertz CT molecular complexity index is 644. The molecule has 104 valence electrons. The number of sulfonamides is 1. The van der Waals surface area contributed by atoms with Crippen LogP contribution in [-0.2, 0) is 14.8 Å². The molecule has 0 atom stereocenters. The fourth-order valence-corrected chi connectivity index (χ4v) is 3.05. The van der Waals surface area contributed by atoms with Gasteiger partial charge in [0, 0.05) is 5.02 Å². The van der Waals surface area contributed by atoms with Gasteiger partial charge in [-0.15, -0.1) is 0 Å². The maximum absolute atomic E-state index is 11.8. The van der Waals surface area contributed by atoms with Gasteiger partial charge in [-0.3, -0.25) is 4.79 Å². The molecule has 1 aromatic carbocycles. The van der Waals surface area contributed by atoms with E-state index in [9.17, 15) is 18.0 Å². The van der Waals surface area contributed by atoms with Gasteiger partial charge >= 0.3 is 5.97 Å². The minimum Gasteiger partial charge on any atom is -0.478 e. The van der Waals surface area contributed by atoms with Crippen molar-refractivity contribution < 1.29 is 23.1 Å². The lowest BCUT2D eigenvalue weighted by Crippen LogP contribution is -2.33. The van der Waals surface area contributed by atoms with Crippen LogP contribution in [0.4, 0.5) is 0 Å². The van der Waals surface area contributed by atoms with Crippen molar-refractivity contribution in [2.75, 3.05) is 6.54 Å². The van der Waals surface area contributed by atoms with Gasteiger partial charge in [-0.05, 0) is 12.1 Å². The van der Waals surface area contributed by atoms with Crippen LogP contribution < -0.4 is 10.5 Å². The van der Waals surface area contributed by atoms with Crippen molar-refractivity contribution in [3.05, 3.63) is 27.7 Å². The molecule has 0 aliphatic rings. The maximum Gasteiger partial charge on any atom is 0.337 e. The first-order valence-corrected chi connectivity index (χ1v) is 6.89. The number of benzene rings is 1. The molecule has 7 nitrogen and oxygen atoms in total. The largest absolute Gasteiger partial charge is 0.478 e. The summed E-state index contributed by atoms with van der Waals surface area (Å²) in [6.45, 7) is -0.645. The first-order valence-electron chi connectivity index (χ1n) is 4.65. The molecule has 0 radical (unpaired) electrons. The summed E-state index contributed by atoms with van der Waals surface area (Å²) in [4.78, 5) is 20.9. The zero-order chi connectivity index (χ0) is 14.8. The highest BCUT2D eigenvalue weighted by Gasteiger charge is 2.23. The van der Waals surface area contributed by atoms with Crippen LogP contribution in [0.2, 0.25) is 10.0 Å². The number of nitrogens with one attached hydrogen (secondary N) is 1. The Labute approximate surface area is 118 Å². The zero-order valence-corrected chi connectivity index (χ0v) is 11.5. The lowest BCUT2D eigenvalue weighted by molar-refractivity contribution is -0.116. The van der Waals surface area contributed by atoms with E-state index in [-0.39, 0.29) is 5.02 Å². The molecule has 19 heavy (non-hydrogen) atoms. The molecule has 0 aliphatic heterocycles. The molecule has 0 aliphatic carbocycles. The van der Waals surface area contributed by atoms with Crippen molar-refractivity contribution in [1.29, 1.82) is 0 Å². The number of aromatic carboxylic acids is 1. The number of hydrogen-bond donors (Lipinski definition) is 3. The van der Waals surface area contributed by atoms with E-state index in [0.29, 0.717) is 0 Å². The van der Waals surface area contributed by atoms with Crippen LogP contribution in [0.1, 0.15) is 10.4 Å². The van der Waals surface area contributed by atoms with Gasteiger partial charge in [0.05, 0.1) is 17.1 Å². The zero-order valence-electron chi connectivity index (χ0n) is 9.18. The highest BCUT2D eigenvalue weighted by molar-refractivity contribution is 7.89. The van der Waals surface area contributed by atoms with Crippen LogP contribution >= 0.6 is 23.2 Å². The SMILES string of the molecule is NC(=O)CNS(=O)(=O)c1cc(Cl)cc(C(=O)O)c1Cl. The van der Waals surface area contributed by atoms with Crippen molar-refractivity contribution in [1.82, 2.24) is 4.72 Å². The molecule has 1 amide bonds. The van der Waals surface area contributed by atoms with Crippen LogP contribution in [0.3, 0.4) is 0 Å². The van der Waals surface area contributed by atoms with Gasteiger partial charge < -0.3 is 10.8 Å². The Balaban J connectivity index is 3.34. The Kier molecular flexibility index (Phi) is 4.75. The molecule has 1 rings (SSSR count). The van der Waals surface area contributed by atoms with E-state index in [1.54, 1.807) is 0 Å². The van der Waals surface area contributed by atoms with Crippen LogP contribution in [0, 0.1) is 0 Å². The monoisotopic (exact) mass is 326 g/mol. The van der Waals surface area contributed by atoms with Crippen molar-refractivity contribution in [3.8, 4) is 0 Å². The number of carboxylic acids is 1. The Morgan fingerprint density at radius 3 is 2.37 bits per heavy atom. The summed E-state index contributed by atoms with van der Waals surface area (Å²) in [5, 5.41) is 8.24. The number of primary amides is 1. The number of amides is 1. The average molecular weight is 327 g/mol. The Morgan fingerprint density at radius 1 is 1.32 bits per heavy atom. The second-order valence-corrected chi connectivity index (χ2v) is 5.91. The molecule has 1 aromatic rings. The molecule has 0 unspecified atom stereocenters. The van der Waals surface area contributed by atoms with Gasteiger partial charge in [0.2, 0.25) is 15.9 Å². The van der Waals surface area contributed by atoms with Crippen LogP contribution in [0.5, 0.6) is 0 Å². The first kappa shape index (κ1) is 15.7. The number of nitrogens with two attached hydrogens (primary N) is 1. The van der Waals surface area contributed by atoms with E-state index in [4.69, 9.17) is 34.0 Å². The van der Waals surface area contributed by atoms with Crippen LogP contribution in [0.15, 0.2) is 17.0 Å². The fraction of sp³-hybridized carbons (Fsp3) is 0.111. The number of carbonyl (C=O) groups is 2. The van der Waals surface area contributed by atoms with E-state index in [1.807, 2.05) is 4.72 Å². The second-order valence-electron chi connectivity index (χ2n) is 3.36. The third-order valence-electron chi connectivity index (χ3n) is 1.96. The molecule has 4 N–H and O–H groups in total. The van der Waals surface area contributed by atoms with E-state index in [0.717, 1.165) is 12.1 Å². The van der Waals surface area contributed by atoms with Gasteiger partial charge in [0.1, 0.15) is 4.90 Å². The summed E-state index contributed by atoms with van der Waals surface area (Å²) in [5.41, 5.74) is 4.34. The lowest BCUT2D eigenvalue weighted by atomic mass is 10.2. The first-order chi connectivity index (χ1) is 8.65. The van der Waals surface area contributed by atoms with E-state index < -0.39 is 43.9 Å². The van der Waals surface area contributed by atoms with Crippen molar-refractivity contribution >= 4 is 45.1 Å². The predicted octanol–water partition coefficient (Wildman–Crippen LogP) is 0.455. The molecule has 0 heterocycles. The summed E-state index contributed by atoms with van der Waals surface area (Å²) in [5.74, 6) is -2.33. The van der Waals surface area contributed by atoms with Crippen LogP contribution in [-0.4, -0.2) is 31.9 Å². The van der Waals surface area contributed by atoms with Gasteiger partial charge in [-0.25, -0.2) is 17.9 Å². The minimum absolute atomic E-state index is 0.124. The number of hydrogen-bond acceptors (Lipinski definition) is 4. The van der Waals surface area contributed by atoms with Gasteiger partial charge in [0.15, 0.2) is 0 Å². The number of carboxylic acid groups (broad SMARTS) is 1. The smallest absolute Gasteiger partial charge is 0.337 e. The van der Waals surface area contributed by atoms with Crippen molar-refractivity contribution in [2.45, 2.75) is 4.90 Å². The van der Waals surface area contributed by atoms with Crippen molar-refractivity contribution in [3.63, 3.8) is 0 Å². The quantitative estimate of drug-likeness (QED) is 0.724. The molecule has 0 saturated carbocycles. The third kappa shape index (κ3) is 3.80. The van der Waals surface area contributed by atoms with Crippen LogP contribution in [0.25, 0.3) is 0 Å². The summed E-state index contributed by atoms with van der Waals surface area (Å²) in [6.07, 6.45) is 0. The molecule has 0 aromatic heterocycles. The third-order valence-corrected chi connectivity index (χ3v) is 4.12. The Hall–Kier alpha value is -1.35. The Morgan fingerprint density at radius 2 is 1.89 bits per heavy atom. The van der Waals surface area contributed by atoms with Gasteiger partial charge in [-0.1, -0.05) is 23.2 Å². The maximum atomic E-state index is 11.8. The normalized spacial score (nSPS) is 11.3. The summed E-state index contributed by atoms with van der Waals surface area (Å²) in [6, 6.07) is 1.99. The lowest BCUT2D eigenvalue weighted by Gasteiger charge is -2.09. The molecule has 0 bridgehead atoms. The van der Waals surface area contributed by atoms with E-state index in [1.165, 1.54) is 0 Å². The summed E-state index contributed by atoms with van der Waals surface area (Å²) >= 11 is 11.3. The molecule has 0 spiro atoms. The fourth-order valence-electron chi connectivity index (χ4n) is 1.16.